The smallest absolute Gasteiger partial charge is 0.306 e. The Balaban J connectivity index is 1.64. The van der Waals surface area contributed by atoms with E-state index in [1.54, 1.807) is 0 Å². The standard InChI is InChI=1S/C68H124O14/c1-3-5-7-9-11-13-15-17-19-21-23-25-27-28-29-30-32-34-36-38-40-42-44-46-48-50-52-77-54-57(55-78-67-66(76)64(74)62(72)59(82-67)56-79-68-65(75)63(73)61(71)58(53-69)81-68)80-60(70)51-49-47-45-43-41-39-37-35-33-31-26-24-22-20-18-16-14-12-10-8-6-4-2/h5,7,11,13,17,19,23,25,57-59,61-69,71-76H,3-4,6,8-10,12,14-16,18,20-22,24,26-56H2,1-2H3/b7-5-,13-11-,19-17-,25-23-. The molecule has 2 heterocycles. The van der Waals surface area contributed by atoms with Crippen LogP contribution in [-0.4, -0.2) is 142 Å². The molecule has 11 unspecified atom stereocenters. The van der Waals surface area contributed by atoms with Crippen LogP contribution in [0, 0.1) is 0 Å². The van der Waals surface area contributed by atoms with Crippen LogP contribution in [0.15, 0.2) is 48.6 Å². The summed E-state index contributed by atoms with van der Waals surface area (Å²) in [7, 11) is 0. The average Bonchev–Trinajstić information content (AvgIpc) is 3.52. The Bertz CT molecular complexity index is 1540. The average molecular weight is 1170 g/mol. The summed E-state index contributed by atoms with van der Waals surface area (Å²) >= 11 is 0. The molecule has 0 aromatic heterocycles. The second-order valence-corrected chi connectivity index (χ2v) is 23.6. The van der Waals surface area contributed by atoms with Crippen LogP contribution in [0.25, 0.3) is 0 Å². The van der Waals surface area contributed by atoms with Crippen molar-refractivity contribution in [3.05, 3.63) is 48.6 Å². The second-order valence-electron chi connectivity index (χ2n) is 23.6. The topological polar surface area (TPSA) is 214 Å². The number of aliphatic hydroxyl groups is 7. The van der Waals surface area contributed by atoms with Crippen LogP contribution in [0.4, 0.5) is 0 Å². The van der Waals surface area contributed by atoms with E-state index in [0.29, 0.717) is 13.0 Å². The van der Waals surface area contributed by atoms with Crippen molar-refractivity contribution in [3.8, 4) is 0 Å². The van der Waals surface area contributed by atoms with Gasteiger partial charge in [-0.3, -0.25) is 4.79 Å². The fourth-order valence-electron chi connectivity index (χ4n) is 10.8. The van der Waals surface area contributed by atoms with Crippen LogP contribution >= 0.6 is 0 Å². The van der Waals surface area contributed by atoms with Gasteiger partial charge in [0.2, 0.25) is 0 Å². The summed E-state index contributed by atoms with van der Waals surface area (Å²) in [5.74, 6) is -0.370. The molecule has 7 N–H and O–H groups in total. The zero-order valence-electron chi connectivity index (χ0n) is 52.0. The number of unbranched alkanes of at least 4 members (excludes halogenated alkanes) is 34. The first-order chi connectivity index (χ1) is 40.1. The molecule has 0 spiro atoms. The minimum absolute atomic E-state index is 0.0635. The Kier molecular flexibility index (Phi) is 50.4. The van der Waals surface area contributed by atoms with Gasteiger partial charge in [-0.1, -0.05) is 268 Å². The van der Waals surface area contributed by atoms with Gasteiger partial charge < -0.3 is 64.2 Å². The van der Waals surface area contributed by atoms with Crippen LogP contribution in [0.5, 0.6) is 0 Å². The Morgan fingerprint density at radius 3 is 1.24 bits per heavy atom. The Morgan fingerprint density at radius 2 is 0.793 bits per heavy atom. The Hall–Kier alpha value is -2.05. The number of rotatable bonds is 56. The van der Waals surface area contributed by atoms with Crippen molar-refractivity contribution in [2.75, 3.05) is 33.0 Å². The predicted octanol–water partition coefficient (Wildman–Crippen LogP) is 13.8. The van der Waals surface area contributed by atoms with Crippen molar-refractivity contribution >= 4 is 5.97 Å². The number of esters is 1. The third-order valence-electron chi connectivity index (χ3n) is 16.1. The zero-order chi connectivity index (χ0) is 59.4. The van der Waals surface area contributed by atoms with Gasteiger partial charge in [-0.25, -0.2) is 0 Å². The highest BCUT2D eigenvalue weighted by Crippen LogP contribution is 2.27. The van der Waals surface area contributed by atoms with E-state index in [1.807, 2.05) is 0 Å². The fourth-order valence-corrected chi connectivity index (χ4v) is 10.8. The van der Waals surface area contributed by atoms with Crippen LogP contribution < -0.4 is 0 Å². The van der Waals surface area contributed by atoms with Gasteiger partial charge in [0.25, 0.3) is 0 Å². The summed E-state index contributed by atoms with van der Waals surface area (Å²) in [6, 6.07) is 0. The first-order valence-electron chi connectivity index (χ1n) is 33.7. The first-order valence-corrected chi connectivity index (χ1v) is 33.7. The summed E-state index contributed by atoms with van der Waals surface area (Å²) in [6.07, 6.45) is 51.8. The molecule has 0 bridgehead atoms. The van der Waals surface area contributed by atoms with E-state index in [4.69, 9.17) is 28.4 Å². The fraction of sp³-hybridized carbons (Fsp3) is 0.868. The number of hydrogen-bond acceptors (Lipinski definition) is 14. The monoisotopic (exact) mass is 1160 g/mol. The largest absolute Gasteiger partial charge is 0.457 e. The number of aliphatic hydroxyl groups excluding tert-OH is 7. The third-order valence-corrected chi connectivity index (χ3v) is 16.1. The molecule has 2 rings (SSSR count). The molecule has 2 aliphatic rings. The Morgan fingerprint density at radius 1 is 0.415 bits per heavy atom. The molecular weight excluding hydrogens is 1040 g/mol. The van der Waals surface area contributed by atoms with Crippen molar-refractivity contribution in [1.82, 2.24) is 0 Å². The number of ether oxygens (including phenoxy) is 6. The minimum Gasteiger partial charge on any atom is -0.457 e. The summed E-state index contributed by atoms with van der Waals surface area (Å²) < 4.78 is 34.5. The van der Waals surface area contributed by atoms with Crippen LogP contribution in [0.2, 0.25) is 0 Å². The van der Waals surface area contributed by atoms with E-state index in [9.17, 15) is 40.5 Å². The molecule has 0 aromatic rings. The third kappa shape index (κ3) is 39.6. The quantitative estimate of drug-likeness (QED) is 0.0171. The maximum atomic E-state index is 13.1. The molecule has 0 radical (unpaired) electrons. The van der Waals surface area contributed by atoms with Crippen molar-refractivity contribution in [2.24, 2.45) is 0 Å². The summed E-state index contributed by atoms with van der Waals surface area (Å²) in [4.78, 5) is 13.1. The molecule has 480 valence electrons. The van der Waals surface area contributed by atoms with Gasteiger partial charge in [0.1, 0.15) is 54.9 Å². The molecule has 82 heavy (non-hydrogen) atoms. The molecular formula is C68H124O14. The second kappa shape index (κ2) is 54.3. The SMILES string of the molecule is CC/C=C\C/C=C\C/C=C\C/C=C\CCCCCCCCCCCCCCCOCC(COC1OC(COC2OC(CO)C(O)C(O)C2O)C(O)C(O)C1O)OC(=O)CCCCCCCCCCCCCCCCCCCCCCCC. The lowest BCUT2D eigenvalue weighted by Gasteiger charge is -2.42. The van der Waals surface area contributed by atoms with Crippen LogP contribution in [0.1, 0.15) is 277 Å². The first kappa shape index (κ1) is 76.0. The molecule has 2 aliphatic heterocycles. The van der Waals surface area contributed by atoms with Crippen molar-refractivity contribution < 1.29 is 69.0 Å². The number of hydrogen-bond donors (Lipinski definition) is 7. The molecule has 0 saturated carbocycles. The predicted molar refractivity (Wildman–Crippen MR) is 330 cm³/mol. The lowest BCUT2D eigenvalue weighted by Crippen LogP contribution is -2.61. The maximum absolute atomic E-state index is 13.1. The number of allylic oxidation sites excluding steroid dienone is 8. The van der Waals surface area contributed by atoms with E-state index < -0.39 is 80.7 Å². The van der Waals surface area contributed by atoms with Gasteiger partial charge in [0.05, 0.1) is 26.4 Å². The highest BCUT2D eigenvalue weighted by Gasteiger charge is 2.47. The Labute approximate surface area is 499 Å². The van der Waals surface area contributed by atoms with E-state index in [2.05, 4.69) is 62.5 Å². The lowest BCUT2D eigenvalue weighted by molar-refractivity contribution is -0.332. The van der Waals surface area contributed by atoms with Gasteiger partial charge >= 0.3 is 5.97 Å². The molecule has 2 fully saturated rings. The van der Waals surface area contributed by atoms with E-state index in [0.717, 1.165) is 64.2 Å². The maximum Gasteiger partial charge on any atom is 0.306 e. The highest BCUT2D eigenvalue weighted by molar-refractivity contribution is 5.69. The van der Waals surface area contributed by atoms with Crippen molar-refractivity contribution in [1.29, 1.82) is 0 Å². The molecule has 0 amide bonds. The van der Waals surface area contributed by atoms with Crippen molar-refractivity contribution in [3.63, 3.8) is 0 Å². The summed E-state index contributed by atoms with van der Waals surface area (Å²) in [5.41, 5.74) is 0. The zero-order valence-corrected chi connectivity index (χ0v) is 52.0. The van der Waals surface area contributed by atoms with Crippen LogP contribution in [0.3, 0.4) is 0 Å². The van der Waals surface area contributed by atoms with Gasteiger partial charge in [-0.05, 0) is 51.4 Å². The normalized spacial score (nSPS) is 23.8. The molecule has 14 nitrogen and oxygen atoms in total. The van der Waals surface area contributed by atoms with Gasteiger partial charge in [0.15, 0.2) is 12.6 Å². The van der Waals surface area contributed by atoms with E-state index in [1.165, 1.54) is 186 Å². The van der Waals surface area contributed by atoms with Crippen molar-refractivity contribution in [2.45, 2.75) is 345 Å². The molecule has 14 heteroatoms. The minimum atomic E-state index is -1.71. The van der Waals surface area contributed by atoms with E-state index >= 15 is 0 Å². The summed E-state index contributed by atoms with van der Waals surface area (Å²) in [6.45, 7) is 3.63. The van der Waals surface area contributed by atoms with Crippen LogP contribution in [-0.2, 0) is 33.2 Å². The number of carbonyl (C=O) groups excluding carboxylic acids is 1. The molecule has 2 saturated heterocycles. The molecule has 0 aliphatic carbocycles. The molecule has 11 atom stereocenters. The molecule has 0 aromatic carbocycles. The van der Waals surface area contributed by atoms with Gasteiger partial charge in [-0.2, -0.15) is 0 Å². The van der Waals surface area contributed by atoms with Gasteiger partial charge in [0, 0.05) is 13.0 Å². The van der Waals surface area contributed by atoms with E-state index in [-0.39, 0.29) is 25.6 Å². The van der Waals surface area contributed by atoms with Gasteiger partial charge in [-0.15, -0.1) is 0 Å². The highest BCUT2D eigenvalue weighted by atomic mass is 16.7. The number of carbonyl (C=O) groups is 1. The lowest BCUT2D eigenvalue weighted by atomic mass is 9.98. The summed E-state index contributed by atoms with van der Waals surface area (Å²) in [5, 5.41) is 72.6.